The Labute approximate surface area is 108 Å². The van der Waals surface area contributed by atoms with Crippen LogP contribution in [-0.2, 0) is 4.79 Å². The first-order valence-corrected chi connectivity index (χ1v) is 5.93. The van der Waals surface area contributed by atoms with Crippen LogP contribution in [-0.4, -0.2) is 24.5 Å². The Morgan fingerprint density at radius 2 is 2.24 bits per heavy atom. The maximum absolute atomic E-state index is 13.5. The molecule has 0 spiro atoms. The fraction of sp³-hybridized carbons (Fsp3) is 0.455. The minimum Gasteiger partial charge on any atom is -0.367 e. The molecule has 0 aliphatic heterocycles. The van der Waals surface area contributed by atoms with Crippen LogP contribution in [0.25, 0.3) is 0 Å². The second kappa shape index (κ2) is 5.44. The number of aromatic nitrogens is 1. The SMILES string of the molecule is CNC(=O)C(C)(C)CNc1ncc(Br)cc1F. The average molecular weight is 304 g/mol. The molecule has 17 heavy (non-hydrogen) atoms. The van der Waals surface area contributed by atoms with Gasteiger partial charge in [0.1, 0.15) is 0 Å². The molecule has 1 rings (SSSR count). The van der Waals surface area contributed by atoms with Gasteiger partial charge in [-0.25, -0.2) is 9.37 Å². The van der Waals surface area contributed by atoms with E-state index in [-0.39, 0.29) is 11.7 Å². The minimum atomic E-state index is -0.629. The largest absolute Gasteiger partial charge is 0.367 e. The van der Waals surface area contributed by atoms with Crippen LogP contribution in [0.3, 0.4) is 0 Å². The van der Waals surface area contributed by atoms with Crippen molar-refractivity contribution in [1.82, 2.24) is 10.3 Å². The Morgan fingerprint density at radius 1 is 1.59 bits per heavy atom. The molecule has 4 nitrogen and oxygen atoms in total. The summed E-state index contributed by atoms with van der Waals surface area (Å²) in [6.45, 7) is 3.85. The molecule has 0 fully saturated rings. The maximum Gasteiger partial charge on any atom is 0.227 e. The first-order valence-electron chi connectivity index (χ1n) is 5.14. The Hall–Kier alpha value is -1.17. The van der Waals surface area contributed by atoms with E-state index in [1.165, 1.54) is 12.3 Å². The van der Waals surface area contributed by atoms with Gasteiger partial charge < -0.3 is 10.6 Å². The topological polar surface area (TPSA) is 54.0 Å². The molecule has 1 aromatic heterocycles. The predicted molar refractivity (Wildman–Crippen MR) is 68.2 cm³/mol. The number of amides is 1. The van der Waals surface area contributed by atoms with Gasteiger partial charge in [0.15, 0.2) is 11.6 Å². The Morgan fingerprint density at radius 3 is 2.76 bits per heavy atom. The van der Waals surface area contributed by atoms with Gasteiger partial charge in [-0.1, -0.05) is 0 Å². The Balaban J connectivity index is 2.70. The van der Waals surface area contributed by atoms with Crippen molar-refractivity contribution in [2.75, 3.05) is 18.9 Å². The van der Waals surface area contributed by atoms with Crippen LogP contribution in [0.1, 0.15) is 13.8 Å². The number of carbonyl (C=O) groups excluding carboxylic acids is 1. The highest BCUT2D eigenvalue weighted by molar-refractivity contribution is 9.10. The number of pyridine rings is 1. The summed E-state index contributed by atoms with van der Waals surface area (Å²) in [5.74, 6) is -0.417. The van der Waals surface area contributed by atoms with E-state index in [9.17, 15) is 9.18 Å². The summed E-state index contributed by atoms with van der Waals surface area (Å²) in [6, 6.07) is 1.32. The van der Waals surface area contributed by atoms with Crippen LogP contribution in [0.5, 0.6) is 0 Å². The van der Waals surface area contributed by atoms with Crippen molar-refractivity contribution in [3.05, 3.63) is 22.6 Å². The van der Waals surface area contributed by atoms with Crippen molar-refractivity contribution in [2.24, 2.45) is 5.41 Å². The molecule has 94 valence electrons. The maximum atomic E-state index is 13.5. The summed E-state index contributed by atoms with van der Waals surface area (Å²) in [4.78, 5) is 15.4. The van der Waals surface area contributed by atoms with Crippen LogP contribution < -0.4 is 10.6 Å². The van der Waals surface area contributed by atoms with Crippen molar-refractivity contribution >= 4 is 27.7 Å². The molecule has 0 saturated heterocycles. The molecule has 0 atom stereocenters. The standard InChI is InChI=1S/C11H15BrFN3O/c1-11(2,10(17)14-3)6-16-9-8(13)4-7(12)5-15-9/h4-5H,6H2,1-3H3,(H,14,17)(H,15,16). The van der Waals surface area contributed by atoms with E-state index in [4.69, 9.17) is 0 Å². The first-order chi connectivity index (χ1) is 7.86. The lowest BCUT2D eigenvalue weighted by molar-refractivity contribution is -0.128. The zero-order valence-corrected chi connectivity index (χ0v) is 11.6. The average Bonchev–Trinajstić information content (AvgIpc) is 2.26. The number of halogens is 2. The van der Waals surface area contributed by atoms with Gasteiger partial charge in [0.2, 0.25) is 5.91 Å². The molecule has 0 aliphatic carbocycles. The van der Waals surface area contributed by atoms with Gasteiger partial charge in [0.05, 0.1) is 5.41 Å². The van der Waals surface area contributed by atoms with Gasteiger partial charge in [-0.05, 0) is 35.8 Å². The fourth-order valence-corrected chi connectivity index (χ4v) is 1.57. The Kier molecular flexibility index (Phi) is 4.45. The van der Waals surface area contributed by atoms with E-state index in [0.717, 1.165) is 0 Å². The number of rotatable bonds is 4. The molecule has 2 N–H and O–H groups in total. The number of hydrogen-bond donors (Lipinski definition) is 2. The van der Waals surface area contributed by atoms with E-state index in [1.54, 1.807) is 20.9 Å². The highest BCUT2D eigenvalue weighted by atomic mass is 79.9. The molecule has 0 bridgehead atoms. The van der Waals surface area contributed by atoms with Crippen LogP contribution >= 0.6 is 15.9 Å². The van der Waals surface area contributed by atoms with Crippen molar-refractivity contribution in [2.45, 2.75) is 13.8 Å². The smallest absolute Gasteiger partial charge is 0.227 e. The van der Waals surface area contributed by atoms with Gasteiger partial charge in [-0.15, -0.1) is 0 Å². The van der Waals surface area contributed by atoms with Crippen molar-refractivity contribution in [3.8, 4) is 0 Å². The molecular weight excluding hydrogens is 289 g/mol. The van der Waals surface area contributed by atoms with Gasteiger partial charge in [-0.3, -0.25) is 4.79 Å². The van der Waals surface area contributed by atoms with Crippen molar-refractivity contribution in [3.63, 3.8) is 0 Å². The quantitative estimate of drug-likeness (QED) is 0.896. The summed E-state index contributed by atoms with van der Waals surface area (Å²) in [5, 5.41) is 5.39. The van der Waals surface area contributed by atoms with Crippen molar-refractivity contribution in [1.29, 1.82) is 0 Å². The lowest BCUT2D eigenvalue weighted by Gasteiger charge is -2.23. The number of nitrogens with one attached hydrogen (secondary N) is 2. The number of anilines is 1. The molecule has 6 heteroatoms. The molecular formula is C11H15BrFN3O. The van der Waals surface area contributed by atoms with E-state index in [1.807, 2.05) is 0 Å². The second-order valence-corrected chi connectivity index (χ2v) is 5.22. The van der Waals surface area contributed by atoms with E-state index in [2.05, 4.69) is 31.5 Å². The molecule has 1 amide bonds. The summed E-state index contributed by atoms with van der Waals surface area (Å²) in [6.07, 6.45) is 1.50. The summed E-state index contributed by atoms with van der Waals surface area (Å²) in [5.41, 5.74) is -0.629. The zero-order chi connectivity index (χ0) is 13.1. The van der Waals surface area contributed by atoms with Crippen LogP contribution in [0.15, 0.2) is 16.7 Å². The number of hydrogen-bond acceptors (Lipinski definition) is 3. The molecule has 0 aliphatic rings. The van der Waals surface area contributed by atoms with E-state index >= 15 is 0 Å². The molecule has 0 aromatic carbocycles. The molecule has 0 radical (unpaired) electrons. The van der Waals surface area contributed by atoms with Gasteiger partial charge in [0.25, 0.3) is 0 Å². The van der Waals surface area contributed by atoms with E-state index in [0.29, 0.717) is 11.0 Å². The molecule has 0 unspecified atom stereocenters. The summed E-state index contributed by atoms with van der Waals surface area (Å²) < 4.78 is 14.0. The lowest BCUT2D eigenvalue weighted by Crippen LogP contribution is -2.39. The zero-order valence-electron chi connectivity index (χ0n) is 9.97. The highest BCUT2D eigenvalue weighted by Crippen LogP contribution is 2.19. The van der Waals surface area contributed by atoms with Gasteiger partial charge in [0, 0.05) is 24.3 Å². The monoisotopic (exact) mass is 303 g/mol. The third-order valence-electron chi connectivity index (χ3n) is 2.35. The number of nitrogens with zero attached hydrogens (tertiary/aromatic N) is 1. The minimum absolute atomic E-state index is 0.109. The van der Waals surface area contributed by atoms with Crippen LogP contribution in [0.2, 0.25) is 0 Å². The second-order valence-electron chi connectivity index (χ2n) is 4.30. The molecule has 1 aromatic rings. The first kappa shape index (κ1) is 13.9. The lowest BCUT2D eigenvalue weighted by atomic mass is 9.92. The highest BCUT2D eigenvalue weighted by Gasteiger charge is 2.26. The predicted octanol–water partition coefficient (Wildman–Crippen LogP) is 2.17. The Bertz CT molecular complexity index is 423. The van der Waals surface area contributed by atoms with Gasteiger partial charge >= 0.3 is 0 Å². The van der Waals surface area contributed by atoms with Crippen LogP contribution in [0.4, 0.5) is 10.2 Å². The molecule has 0 saturated carbocycles. The van der Waals surface area contributed by atoms with Crippen LogP contribution in [0, 0.1) is 11.2 Å². The summed E-state index contributed by atoms with van der Waals surface area (Å²) >= 11 is 3.13. The normalized spacial score (nSPS) is 11.1. The fourth-order valence-electron chi connectivity index (χ4n) is 1.27. The third kappa shape index (κ3) is 3.66. The summed E-state index contributed by atoms with van der Waals surface area (Å²) in [7, 11) is 1.57. The molecule has 1 heterocycles. The third-order valence-corrected chi connectivity index (χ3v) is 2.78. The van der Waals surface area contributed by atoms with E-state index < -0.39 is 11.2 Å². The number of carbonyl (C=O) groups is 1. The van der Waals surface area contributed by atoms with Crippen molar-refractivity contribution < 1.29 is 9.18 Å². The van der Waals surface area contributed by atoms with Gasteiger partial charge in [-0.2, -0.15) is 0 Å².